The second kappa shape index (κ2) is 10.1. The predicted octanol–water partition coefficient (Wildman–Crippen LogP) is 6.16. The summed E-state index contributed by atoms with van der Waals surface area (Å²) in [6, 6.07) is 20.8. The fourth-order valence-corrected chi connectivity index (χ4v) is 4.49. The summed E-state index contributed by atoms with van der Waals surface area (Å²) in [4.78, 5) is 0. The fourth-order valence-electron chi connectivity index (χ4n) is 4.49. The van der Waals surface area contributed by atoms with Gasteiger partial charge < -0.3 is 18.9 Å². The van der Waals surface area contributed by atoms with E-state index in [1.807, 2.05) is 26.0 Å². The van der Waals surface area contributed by atoms with Crippen LogP contribution in [-0.2, 0) is 9.47 Å². The zero-order chi connectivity index (χ0) is 24.2. The maximum absolute atomic E-state index is 6.36. The Labute approximate surface area is 205 Å². The lowest BCUT2D eigenvalue weighted by Gasteiger charge is -2.18. The lowest BCUT2D eigenvalue weighted by Crippen LogP contribution is -2.29. The van der Waals surface area contributed by atoms with E-state index in [9.17, 15) is 0 Å². The van der Waals surface area contributed by atoms with Gasteiger partial charge in [0.15, 0.2) is 0 Å². The van der Waals surface area contributed by atoms with Crippen LogP contribution in [-0.4, -0.2) is 33.2 Å². The van der Waals surface area contributed by atoms with Crippen molar-refractivity contribution in [3.8, 4) is 46.3 Å². The third-order valence-corrected chi connectivity index (χ3v) is 6.02. The summed E-state index contributed by atoms with van der Waals surface area (Å²) in [5, 5.41) is 4.34. The van der Waals surface area contributed by atoms with Crippen LogP contribution in [0.5, 0.6) is 11.5 Å². The Bertz CT molecular complexity index is 1420. The van der Waals surface area contributed by atoms with E-state index in [0.29, 0.717) is 13.2 Å². The number of benzene rings is 4. The van der Waals surface area contributed by atoms with Crippen molar-refractivity contribution >= 4 is 21.5 Å². The van der Waals surface area contributed by atoms with Crippen LogP contribution in [0.4, 0.5) is 0 Å². The molecule has 35 heavy (non-hydrogen) atoms. The van der Waals surface area contributed by atoms with E-state index in [-0.39, 0.29) is 12.9 Å². The van der Waals surface area contributed by atoms with Crippen molar-refractivity contribution in [1.82, 2.24) is 0 Å². The number of methoxy groups -OCH3 is 1. The molecular weight excluding hydrogens is 436 g/mol. The number of hydrogen-bond donors (Lipinski definition) is 0. The van der Waals surface area contributed by atoms with Crippen LogP contribution in [0.1, 0.15) is 25.0 Å². The lowest BCUT2D eigenvalue weighted by molar-refractivity contribution is -0.0952. The van der Waals surface area contributed by atoms with Crippen molar-refractivity contribution in [3.05, 3.63) is 71.8 Å². The molecule has 0 N–H and O–H groups in total. The van der Waals surface area contributed by atoms with Crippen LogP contribution in [0.25, 0.3) is 32.7 Å². The number of rotatable bonds is 3. The Morgan fingerprint density at radius 1 is 0.743 bits per heavy atom. The number of hydrogen-bond acceptors (Lipinski definition) is 4. The molecule has 4 aromatic carbocycles. The van der Waals surface area contributed by atoms with Gasteiger partial charge in [-0.2, -0.15) is 0 Å². The van der Waals surface area contributed by atoms with Gasteiger partial charge in [0.25, 0.3) is 0 Å². The highest BCUT2D eigenvalue weighted by molar-refractivity contribution is 6.10. The molecule has 1 heterocycles. The summed E-state index contributed by atoms with van der Waals surface area (Å²) < 4.78 is 23.6. The molecule has 0 bridgehead atoms. The Balaban J connectivity index is 1.78. The zero-order valence-corrected chi connectivity index (χ0v) is 20.1. The van der Waals surface area contributed by atoms with Crippen LogP contribution < -0.4 is 9.47 Å². The second-order valence-corrected chi connectivity index (χ2v) is 8.32. The van der Waals surface area contributed by atoms with Gasteiger partial charge in [0, 0.05) is 29.4 Å². The molecule has 0 atom stereocenters. The first-order chi connectivity index (χ1) is 17.2. The van der Waals surface area contributed by atoms with Crippen molar-refractivity contribution in [2.45, 2.75) is 20.0 Å². The van der Waals surface area contributed by atoms with Gasteiger partial charge in [0.2, 0.25) is 0 Å². The van der Waals surface area contributed by atoms with Crippen molar-refractivity contribution in [2.24, 2.45) is 0 Å². The molecule has 174 valence electrons. The minimum absolute atomic E-state index is 0.176. The van der Waals surface area contributed by atoms with E-state index in [1.54, 1.807) is 7.11 Å². The summed E-state index contributed by atoms with van der Waals surface area (Å²) >= 11 is 0. The monoisotopic (exact) mass is 462 g/mol. The highest BCUT2D eigenvalue weighted by Crippen LogP contribution is 2.46. The first-order valence-corrected chi connectivity index (χ1v) is 11.6. The van der Waals surface area contributed by atoms with Gasteiger partial charge in [0.1, 0.15) is 37.6 Å². The van der Waals surface area contributed by atoms with E-state index in [1.165, 1.54) is 0 Å². The number of ether oxygens (including phenoxy) is 4. The molecule has 1 aliphatic rings. The van der Waals surface area contributed by atoms with Crippen molar-refractivity contribution < 1.29 is 18.9 Å². The molecule has 0 fully saturated rings. The molecule has 0 unspecified atom stereocenters. The average Bonchev–Trinajstić information content (AvgIpc) is 2.95. The molecule has 1 aliphatic heterocycles. The Hall–Kier alpha value is -3.96. The topological polar surface area (TPSA) is 36.9 Å². The van der Waals surface area contributed by atoms with Crippen molar-refractivity contribution in [2.75, 3.05) is 27.1 Å². The molecule has 4 aromatic rings. The van der Waals surface area contributed by atoms with Gasteiger partial charge in [-0.15, -0.1) is 11.8 Å². The molecular formula is C31H26O4. The zero-order valence-electron chi connectivity index (χ0n) is 20.1. The molecule has 0 saturated carbocycles. The van der Waals surface area contributed by atoms with Crippen LogP contribution in [0.3, 0.4) is 0 Å². The van der Waals surface area contributed by atoms with Crippen LogP contribution >= 0.6 is 0 Å². The molecule has 4 nitrogen and oxygen atoms in total. The highest BCUT2D eigenvalue weighted by Gasteiger charge is 2.23. The normalized spacial score (nSPS) is 13.0. The standard InChI is InChI=1S/C31H26O4/c1-4-6-21-8-12-26-23(16-21)10-14-28-30(26)31-27-13-9-22(7-5-2)17-24(27)11-15-29(31)34-19-25(18-33-28)35-20-32-3/h8-17,25H,18-20H2,1-3H3. The average molecular weight is 463 g/mol. The molecule has 0 spiro atoms. The molecule has 4 heteroatoms. The minimum Gasteiger partial charge on any atom is -0.490 e. The maximum Gasteiger partial charge on any atom is 0.147 e. The summed E-state index contributed by atoms with van der Waals surface area (Å²) in [5.41, 5.74) is 3.96. The largest absolute Gasteiger partial charge is 0.490 e. The van der Waals surface area contributed by atoms with Gasteiger partial charge in [-0.3, -0.25) is 0 Å². The van der Waals surface area contributed by atoms with Crippen molar-refractivity contribution in [1.29, 1.82) is 0 Å². The summed E-state index contributed by atoms with van der Waals surface area (Å²) in [6.07, 6.45) is -0.274. The molecule has 5 rings (SSSR count). The molecule has 0 aliphatic carbocycles. The van der Waals surface area contributed by atoms with Gasteiger partial charge in [-0.25, -0.2) is 0 Å². The lowest BCUT2D eigenvalue weighted by atomic mass is 9.91. The second-order valence-electron chi connectivity index (χ2n) is 8.32. The third-order valence-electron chi connectivity index (χ3n) is 6.02. The quantitative estimate of drug-likeness (QED) is 0.270. The third kappa shape index (κ3) is 4.55. The Kier molecular flexibility index (Phi) is 6.59. The first kappa shape index (κ1) is 22.8. The fraction of sp³-hybridized carbons (Fsp3) is 0.226. The summed E-state index contributed by atoms with van der Waals surface area (Å²) in [6.45, 7) is 4.57. The number of fused-ring (bicyclic) bond motifs is 7. The summed E-state index contributed by atoms with van der Waals surface area (Å²) in [7, 11) is 1.61. The molecule has 0 aromatic heterocycles. The summed E-state index contributed by atoms with van der Waals surface area (Å²) in [5.74, 6) is 13.9. The molecule has 0 saturated heterocycles. The van der Waals surface area contributed by atoms with Crippen LogP contribution in [0, 0.1) is 23.7 Å². The van der Waals surface area contributed by atoms with E-state index < -0.39 is 0 Å². The van der Waals surface area contributed by atoms with E-state index in [4.69, 9.17) is 18.9 Å². The minimum atomic E-state index is -0.274. The van der Waals surface area contributed by atoms with E-state index in [0.717, 1.165) is 55.3 Å². The van der Waals surface area contributed by atoms with Gasteiger partial charge >= 0.3 is 0 Å². The van der Waals surface area contributed by atoms with E-state index in [2.05, 4.69) is 72.2 Å². The first-order valence-electron chi connectivity index (χ1n) is 11.6. The Morgan fingerprint density at radius 2 is 1.26 bits per heavy atom. The van der Waals surface area contributed by atoms with Gasteiger partial charge in [-0.1, -0.05) is 36.1 Å². The van der Waals surface area contributed by atoms with E-state index >= 15 is 0 Å². The van der Waals surface area contributed by atoms with Crippen molar-refractivity contribution in [3.63, 3.8) is 0 Å². The van der Waals surface area contributed by atoms with Crippen LogP contribution in [0.2, 0.25) is 0 Å². The predicted molar refractivity (Wildman–Crippen MR) is 140 cm³/mol. The maximum atomic E-state index is 6.36. The van der Waals surface area contributed by atoms with Crippen LogP contribution in [0.15, 0.2) is 60.7 Å². The van der Waals surface area contributed by atoms with Gasteiger partial charge in [0.05, 0.1) is 0 Å². The highest BCUT2D eigenvalue weighted by atomic mass is 16.7. The van der Waals surface area contributed by atoms with Gasteiger partial charge in [-0.05, 0) is 71.8 Å². The smallest absolute Gasteiger partial charge is 0.147 e. The SMILES string of the molecule is CC#Cc1ccc2c3c(ccc2c1)OCC(OCOC)COc1ccc2cc(C#CC)ccc2c1-3. The Morgan fingerprint density at radius 3 is 1.71 bits per heavy atom. The molecule has 0 radical (unpaired) electrons. The molecule has 0 amide bonds.